The summed E-state index contributed by atoms with van der Waals surface area (Å²) in [6, 6.07) is 15.7. The quantitative estimate of drug-likeness (QED) is 0.716. The van der Waals surface area contributed by atoms with Crippen molar-refractivity contribution in [3.63, 3.8) is 0 Å². The van der Waals surface area contributed by atoms with Crippen molar-refractivity contribution in [2.24, 2.45) is 5.92 Å². The smallest absolute Gasteiger partial charge is 0.126 e. The molecule has 0 N–H and O–H groups in total. The molecule has 0 amide bonds. The first-order valence-electron chi connectivity index (χ1n) is 6.41. The second-order valence-electron chi connectivity index (χ2n) is 5.09. The van der Waals surface area contributed by atoms with Gasteiger partial charge in [0.1, 0.15) is 5.82 Å². The summed E-state index contributed by atoms with van der Waals surface area (Å²) >= 11 is 0. The van der Waals surface area contributed by atoms with Gasteiger partial charge in [0.05, 0.1) is 0 Å². The molecule has 0 saturated heterocycles. The highest BCUT2D eigenvalue weighted by molar-refractivity contribution is 5.38. The number of hydrogen-bond acceptors (Lipinski definition) is 0. The van der Waals surface area contributed by atoms with Crippen molar-refractivity contribution < 1.29 is 4.39 Å². The van der Waals surface area contributed by atoms with Gasteiger partial charge in [-0.3, -0.25) is 0 Å². The van der Waals surface area contributed by atoms with Gasteiger partial charge in [0.2, 0.25) is 0 Å². The van der Waals surface area contributed by atoms with Crippen molar-refractivity contribution in [3.05, 3.63) is 71.0 Å². The Morgan fingerprint density at radius 1 is 0.889 bits per heavy atom. The zero-order valence-electron chi connectivity index (χ0n) is 11.2. The molecule has 0 fully saturated rings. The van der Waals surface area contributed by atoms with E-state index in [1.54, 1.807) is 6.07 Å². The number of hydrogen-bond donors (Lipinski definition) is 0. The fraction of sp³-hybridized carbons (Fsp3) is 0.294. The third-order valence-corrected chi connectivity index (χ3v) is 3.47. The molecular formula is C17H19F. The van der Waals surface area contributed by atoms with E-state index in [0.717, 1.165) is 11.1 Å². The van der Waals surface area contributed by atoms with E-state index in [1.165, 1.54) is 11.6 Å². The Morgan fingerprint density at radius 2 is 1.56 bits per heavy atom. The van der Waals surface area contributed by atoms with Crippen LogP contribution in [0, 0.1) is 18.7 Å². The number of benzene rings is 2. The van der Waals surface area contributed by atoms with E-state index in [1.807, 2.05) is 31.2 Å². The molecule has 18 heavy (non-hydrogen) atoms. The van der Waals surface area contributed by atoms with Gasteiger partial charge in [-0.1, -0.05) is 56.3 Å². The van der Waals surface area contributed by atoms with Crippen molar-refractivity contribution in [1.82, 2.24) is 0 Å². The summed E-state index contributed by atoms with van der Waals surface area (Å²) in [5.41, 5.74) is 3.11. The first-order chi connectivity index (χ1) is 8.61. The van der Waals surface area contributed by atoms with Crippen LogP contribution in [0.2, 0.25) is 0 Å². The van der Waals surface area contributed by atoms with E-state index in [4.69, 9.17) is 0 Å². The van der Waals surface area contributed by atoms with Crippen LogP contribution in [0.3, 0.4) is 0 Å². The summed E-state index contributed by atoms with van der Waals surface area (Å²) < 4.78 is 13.7. The molecule has 1 atom stereocenters. The molecule has 2 aromatic carbocycles. The summed E-state index contributed by atoms with van der Waals surface area (Å²) in [7, 11) is 0. The third kappa shape index (κ3) is 2.45. The maximum absolute atomic E-state index is 13.7. The first-order valence-corrected chi connectivity index (χ1v) is 6.41. The van der Waals surface area contributed by atoms with Gasteiger partial charge in [-0.05, 0) is 35.6 Å². The average Bonchev–Trinajstić information content (AvgIpc) is 2.36. The van der Waals surface area contributed by atoms with E-state index < -0.39 is 0 Å². The van der Waals surface area contributed by atoms with Crippen LogP contribution >= 0.6 is 0 Å². The van der Waals surface area contributed by atoms with Crippen molar-refractivity contribution in [3.8, 4) is 0 Å². The normalized spacial score (nSPS) is 12.7. The first kappa shape index (κ1) is 12.8. The van der Waals surface area contributed by atoms with Crippen molar-refractivity contribution >= 4 is 0 Å². The lowest BCUT2D eigenvalue weighted by Crippen LogP contribution is -2.10. The van der Waals surface area contributed by atoms with Crippen LogP contribution in [0.1, 0.15) is 36.5 Å². The highest BCUT2D eigenvalue weighted by atomic mass is 19.1. The summed E-state index contributed by atoms with van der Waals surface area (Å²) in [5.74, 6) is 0.573. The fourth-order valence-corrected chi connectivity index (χ4v) is 2.55. The van der Waals surface area contributed by atoms with Crippen LogP contribution in [-0.2, 0) is 0 Å². The second-order valence-corrected chi connectivity index (χ2v) is 5.09. The van der Waals surface area contributed by atoms with Crippen LogP contribution in [0.25, 0.3) is 0 Å². The van der Waals surface area contributed by atoms with Crippen LogP contribution in [-0.4, -0.2) is 0 Å². The molecule has 0 aromatic heterocycles. The van der Waals surface area contributed by atoms with Gasteiger partial charge in [0.25, 0.3) is 0 Å². The van der Waals surface area contributed by atoms with Gasteiger partial charge in [-0.2, -0.15) is 0 Å². The van der Waals surface area contributed by atoms with E-state index >= 15 is 0 Å². The van der Waals surface area contributed by atoms with Gasteiger partial charge >= 0.3 is 0 Å². The lowest BCUT2D eigenvalue weighted by Gasteiger charge is -2.24. The Morgan fingerprint density at radius 3 is 2.17 bits per heavy atom. The maximum Gasteiger partial charge on any atom is 0.126 e. The Bertz CT molecular complexity index is 514. The van der Waals surface area contributed by atoms with E-state index in [-0.39, 0.29) is 11.7 Å². The number of rotatable bonds is 3. The van der Waals surface area contributed by atoms with Crippen molar-refractivity contribution in [2.75, 3.05) is 0 Å². The zero-order valence-corrected chi connectivity index (χ0v) is 11.2. The topological polar surface area (TPSA) is 0 Å². The van der Waals surface area contributed by atoms with Crippen LogP contribution in [0.5, 0.6) is 0 Å². The molecule has 1 heteroatoms. The fourth-order valence-electron chi connectivity index (χ4n) is 2.55. The number of halogens is 1. The molecular weight excluding hydrogens is 223 g/mol. The molecule has 2 aromatic rings. The van der Waals surface area contributed by atoms with Gasteiger partial charge in [0.15, 0.2) is 0 Å². The predicted octanol–water partition coefficient (Wildman–Crippen LogP) is 4.92. The average molecular weight is 242 g/mol. The Hall–Kier alpha value is -1.63. The minimum absolute atomic E-state index is 0.117. The van der Waals surface area contributed by atoms with Gasteiger partial charge in [0, 0.05) is 5.92 Å². The molecule has 94 valence electrons. The summed E-state index contributed by atoms with van der Waals surface area (Å²) in [6.07, 6.45) is 0. The summed E-state index contributed by atoms with van der Waals surface area (Å²) in [4.78, 5) is 0. The predicted molar refractivity (Wildman–Crippen MR) is 74.3 cm³/mol. The Kier molecular flexibility index (Phi) is 3.81. The van der Waals surface area contributed by atoms with E-state index in [0.29, 0.717) is 5.92 Å². The molecule has 0 unspecified atom stereocenters. The van der Waals surface area contributed by atoms with Gasteiger partial charge in [-0.25, -0.2) is 4.39 Å². The molecule has 0 aliphatic heterocycles. The Labute approximate surface area is 108 Å². The highest BCUT2D eigenvalue weighted by Gasteiger charge is 2.20. The van der Waals surface area contributed by atoms with Crippen LogP contribution in [0.15, 0.2) is 48.5 Å². The largest absolute Gasteiger partial charge is 0.207 e. The van der Waals surface area contributed by atoms with Crippen molar-refractivity contribution in [1.29, 1.82) is 0 Å². The van der Waals surface area contributed by atoms with E-state index in [2.05, 4.69) is 26.0 Å². The van der Waals surface area contributed by atoms with Gasteiger partial charge < -0.3 is 0 Å². The Balaban J connectivity index is 2.52. The molecule has 0 heterocycles. The van der Waals surface area contributed by atoms with Crippen molar-refractivity contribution in [2.45, 2.75) is 26.7 Å². The molecule has 0 spiro atoms. The zero-order chi connectivity index (χ0) is 13.1. The lowest BCUT2D eigenvalue weighted by molar-refractivity contribution is 0.551. The molecule has 0 aliphatic rings. The molecule has 0 aliphatic carbocycles. The molecule has 0 bridgehead atoms. The van der Waals surface area contributed by atoms with Crippen LogP contribution in [0.4, 0.5) is 4.39 Å². The minimum Gasteiger partial charge on any atom is -0.207 e. The third-order valence-electron chi connectivity index (χ3n) is 3.47. The molecule has 0 radical (unpaired) electrons. The highest BCUT2D eigenvalue weighted by Crippen LogP contribution is 2.34. The standard InChI is InChI=1S/C17H19F/c1-12(2)17(14-8-5-4-6-9-14)15-10-7-11-16(18)13(15)3/h4-12,17H,1-3H3/t17-/m1/s1. The van der Waals surface area contributed by atoms with E-state index in [9.17, 15) is 4.39 Å². The van der Waals surface area contributed by atoms with Crippen LogP contribution < -0.4 is 0 Å². The SMILES string of the molecule is Cc1c(F)cccc1[C@@H](c1ccccc1)C(C)C. The maximum atomic E-state index is 13.7. The summed E-state index contributed by atoms with van der Waals surface area (Å²) in [6.45, 7) is 6.23. The molecule has 0 nitrogen and oxygen atoms in total. The molecule has 2 rings (SSSR count). The minimum atomic E-state index is -0.117. The molecule has 0 saturated carbocycles. The monoisotopic (exact) mass is 242 g/mol. The lowest BCUT2D eigenvalue weighted by atomic mass is 9.81. The second kappa shape index (κ2) is 5.34. The van der Waals surface area contributed by atoms with Gasteiger partial charge in [-0.15, -0.1) is 0 Å². The summed E-state index contributed by atoms with van der Waals surface area (Å²) in [5, 5.41) is 0.